The lowest BCUT2D eigenvalue weighted by Crippen LogP contribution is -2.23. The lowest BCUT2D eigenvalue weighted by Gasteiger charge is -2.07. The maximum absolute atomic E-state index is 12.7. The number of rotatable bonds is 6. The van der Waals surface area contributed by atoms with Crippen LogP contribution in [-0.2, 0) is 0 Å². The number of ether oxygens (including phenoxy) is 1. The van der Waals surface area contributed by atoms with E-state index in [1.165, 1.54) is 15.9 Å². The SMILES string of the molecule is CCCOc1ccccc1C=c1sc2nc(C=Cc3cccs3)nn2c1=O. The molecule has 0 bridgehead atoms. The van der Waals surface area contributed by atoms with E-state index in [4.69, 9.17) is 4.74 Å². The van der Waals surface area contributed by atoms with Crippen molar-refractivity contribution in [2.45, 2.75) is 13.3 Å². The summed E-state index contributed by atoms with van der Waals surface area (Å²) < 4.78 is 7.72. The van der Waals surface area contributed by atoms with Gasteiger partial charge in [-0.1, -0.05) is 42.5 Å². The van der Waals surface area contributed by atoms with E-state index in [9.17, 15) is 4.79 Å². The Labute approximate surface area is 163 Å². The second-order valence-electron chi connectivity index (χ2n) is 5.82. The smallest absolute Gasteiger partial charge is 0.291 e. The number of thiazole rings is 1. The average molecular weight is 396 g/mol. The van der Waals surface area contributed by atoms with Crippen molar-refractivity contribution in [3.63, 3.8) is 0 Å². The monoisotopic (exact) mass is 395 g/mol. The molecule has 0 unspecified atom stereocenters. The molecule has 0 amide bonds. The van der Waals surface area contributed by atoms with E-state index in [1.54, 1.807) is 11.3 Å². The Kier molecular flexibility index (Phi) is 5.13. The van der Waals surface area contributed by atoms with Crippen LogP contribution in [0.25, 0.3) is 23.2 Å². The van der Waals surface area contributed by atoms with E-state index in [1.807, 2.05) is 60.0 Å². The third-order valence-electron chi connectivity index (χ3n) is 3.81. The largest absolute Gasteiger partial charge is 0.493 e. The molecule has 3 heterocycles. The van der Waals surface area contributed by atoms with E-state index in [2.05, 4.69) is 17.0 Å². The van der Waals surface area contributed by atoms with Gasteiger partial charge in [0, 0.05) is 10.4 Å². The van der Waals surface area contributed by atoms with Crippen LogP contribution in [0.1, 0.15) is 29.6 Å². The summed E-state index contributed by atoms with van der Waals surface area (Å²) in [5, 5.41) is 6.33. The summed E-state index contributed by atoms with van der Waals surface area (Å²) in [7, 11) is 0. The Morgan fingerprint density at radius 3 is 2.85 bits per heavy atom. The van der Waals surface area contributed by atoms with Crippen LogP contribution in [0.15, 0.2) is 46.6 Å². The topological polar surface area (TPSA) is 56.5 Å². The van der Waals surface area contributed by atoms with Crippen LogP contribution in [0.2, 0.25) is 0 Å². The molecular formula is C20H17N3O2S2. The zero-order valence-electron chi connectivity index (χ0n) is 14.7. The highest BCUT2D eigenvalue weighted by atomic mass is 32.1. The highest BCUT2D eigenvalue weighted by molar-refractivity contribution is 7.15. The Bertz CT molecular complexity index is 1190. The second-order valence-corrected chi connectivity index (χ2v) is 7.80. The molecule has 0 spiro atoms. The van der Waals surface area contributed by atoms with E-state index in [0.29, 0.717) is 21.9 Å². The van der Waals surface area contributed by atoms with Gasteiger partial charge in [0.1, 0.15) is 5.75 Å². The fraction of sp³-hybridized carbons (Fsp3) is 0.150. The standard InChI is InChI=1S/C20H17N3O2S2/c1-2-11-25-16-8-4-3-6-14(16)13-17-19(24)23-20(27-17)21-18(22-23)10-9-15-7-5-12-26-15/h3-10,12-13H,2,11H2,1H3. The third kappa shape index (κ3) is 3.84. The Hall–Kier alpha value is -2.77. The van der Waals surface area contributed by atoms with Crippen LogP contribution < -0.4 is 14.8 Å². The van der Waals surface area contributed by atoms with E-state index < -0.39 is 0 Å². The first kappa shape index (κ1) is 17.6. The van der Waals surface area contributed by atoms with Crippen LogP contribution in [0.5, 0.6) is 5.75 Å². The highest BCUT2D eigenvalue weighted by Crippen LogP contribution is 2.19. The van der Waals surface area contributed by atoms with Crippen molar-refractivity contribution < 1.29 is 4.74 Å². The van der Waals surface area contributed by atoms with Crippen molar-refractivity contribution in [2.24, 2.45) is 0 Å². The molecule has 7 heteroatoms. The zero-order valence-corrected chi connectivity index (χ0v) is 16.3. The normalized spacial score (nSPS) is 12.4. The number of fused-ring (bicyclic) bond motifs is 1. The predicted octanol–water partition coefficient (Wildman–Crippen LogP) is 3.72. The molecule has 0 aliphatic rings. The number of hydrogen-bond donors (Lipinski definition) is 0. The van der Waals surface area contributed by atoms with Crippen molar-refractivity contribution in [3.8, 4) is 5.75 Å². The van der Waals surface area contributed by atoms with Gasteiger partial charge in [0.2, 0.25) is 4.96 Å². The summed E-state index contributed by atoms with van der Waals surface area (Å²) in [6.07, 6.45) is 6.54. The summed E-state index contributed by atoms with van der Waals surface area (Å²) in [5.41, 5.74) is 0.717. The van der Waals surface area contributed by atoms with Crippen molar-refractivity contribution in [1.82, 2.24) is 14.6 Å². The van der Waals surface area contributed by atoms with Crippen LogP contribution in [0.4, 0.5) is 0 Å². The molecule has 1 aromatic carbocycles. The number of benzene rings is 1. The van der Waals surface area contributed by atoms with Crippen LogP contribution >= 0.6 is 22.7 Å². The molecular weight excluding hydrogens is 378 g/mol. The third-order valence-corrected chi connectivity index (χ3v) is 5.60. The van der Waals surface area contributed by atoms with Crippen molar-refractivity contribution in [1.29, 1.82) is 0 Å². The molecule has 0 saturated carbocycles. The fourth-order valence-electron chi connectivity index (χ4n) is 2.55. The molecule has 136 valence electrons. The second kappa shape index (κ2) is 7.85. The highest BCUT2D eigenvalue weighted by Gasteiger charge is 2.10. The summed E-state index contributed by atoms with van der Waals surface area (Å²) in [6, 6.07) is 11.7. The lowest BCUT2D eigenvalue weighted by atomic mass is 10.2. The minimum atomic E-state index is -0.163. The fourth-order valence-corrected chi connectivity index (χ4v) is 4.07. The maximum Gasteiger partial charge on any atom is 0.291 e. The summed E-state index contributed by atoms with van der Waals surface area (Å²) in [6.45, 7) is 2.71. The molecule has 0 N–H and O–H groups in total. The van der Waals surface area contributed by atoms with Gasteiger partial charge in [-0.2, -0.15) is 9.50 Å². The Balaban J connectivity index is 1.68. The van der Waals surface area contributed by atoms with E-state index in [0.717, 1.165) is 22.6 Å². The number of thiophene rings is 1. The van der Waals surface area contributed by atoms with Gasteiger partial charge in [0.25, 0.3) is 5.56 Å². The molecule has 4 rings (SSSR count). The molecule has 4 aromatic rings. The van der Waals surface area contributed by atoms with Crippen LogP contribution in [0.3, 0.4) is 0 Å². The minimum absolute atomic E-state index is 0.163. The van der Waals surface area contributed by atoms with Gasteiger partial charge in [0.15, 0.2) is 5.82 Å². The summed E-state index contributed by atoms with van der Waals surface area (Å²) in [4.78, 5) is 18.8. The molecule has 5 nitrogen and oxygen atoms in total. The van der Waals surface area contributed by atoms with Crippen LogP contribution in [-0.4, -0.2) is 21.2 Å². The van der Waals surface area contributed by atoms with Crippen molar-refractivity contribution in [3.05, 3.63) is 72.9 Å². The summed E-state index contributed by atoms with van der Waals surface area (Å²) >= 11 is 2.97. The van der Waals surface area contributed by atoms with Crippen molar-refractivity contribution >= 4 is 45.9 Å². The molecule has 0 aliphatic carbocycles. The molecule has 3 aromatic heterocycles. The zero-order chi connectivity index (χ0) is 18.6. The Morgan fingerprint density at radius 2 is 2.07 bits per heavy atom. The quantitative estimate of drug-likeness (QED) is 0.499. The van der Waals surface area contributed by atoms with Gasteiger partial charge >= 0.3 is 0 Å². The molecule has 0 radical (unpaired) electrons. The van der Waals surface area contributed by atoms with Gasteiger partial charge < -0.3 is 4.74 Å². The summed E-state index contributed by atoms with van der Waals surface area (Å²) in [5.74, 6) is 1.31. The van der Waals surface area contributed by atoms with Crippen LogP contribution in [0, 0.1) is 0 Å². The first-order valence-corrected chi connectivity index (χ1v) is 10.3. The van der Waals surface area contributed by atoms with E-state index in [-0.39, 0.29) is 5.56 Å². The van der Waals surface area contributed by atoms with Gasteiger partial charge in [-0.15, -0.1) is 16.4 Å². The predicted molar refractivity (Wildman–Crippen MR) is 111 cm³/mol. The molecule has 27 heavy (non-hydrogen) atoms. The van der Waals surface area contributed by atoms with E-state index >= 15 is 0 Å². The Morgan fingerprint density at radius 1 is 1.19 bits per heavy atom. The molecule has 0 aliphatic heterocycles. The first-order valence-electron chi connectivity index (χ1n) is 8.59. The minimum Gasteiger partial charge on any atom is -0.493 e. The lowest BCUT2D eigenvalue weighted by molar-refractivity contribution is 0.317. The number of aromatic nitrogens is 3. The average Bonchev–Trinajstić information content (AvgIpc) is 3.39. The van der Waals surface area contributed by atoms with Gasteiger partial charge in [-0.05, 0) is 42.2 Å². The maximum atomic E-state index is 12.7. The van der Waals surface area contributed by atoms with Gasteiger partial charge in [-0.3, -0.25) is 4.79 Å². The van der Waals surface area contributed by atoms with Gasteiger partial charge in [-0.25, -0.2) is 0 Å². The molecule has 0 fully saturated rings. The first-order chi connectivity index (χ1) is 13.2. The van der Waals surface area contributed by atoms with Crippen molar-refractivity contribution in [2.75, 3.05) is 6.61 Å². The molecule has 0 saturated heterocycles. The molecule has 0 atom stereocenters. The number of nitrogens with zero attached hydrogens (tertiary/aromatic N) is 3. The number of para-hydroxylation sites is 1. The number of hydrogen-bond acceptors (Lipinski definition) is 6. The van der Waals surface area contributed by atoms with Gasteiger partial charge in [0.05, 0.1) is 11.1 Å².